The molecule has 9 nitrogen and oxygen atoms in total. The third-order valence-electron chi connectivity index (χ3n) is 6.95. The molecule has 0 amide bonds. The number of aliphatic hydroxyl groups is 1. The number of benzene rings is 3. The SMILES string of the molecule is Cn1ncc2cc(Oc3ccc(CC(=O)c4ccc(CO)n(-c5ccc(F)cc5)c4=O)cc3F)c(-c3cn[nH]c3)cc21. The minimum atomic E-state index is -0.691. The summed E-state index contributed by atoms with van der Waals surface area (Å²) in [4.78, 5) is 26.4. The summed E-state index contributed by atoms with van der Waals surface area (Å²) in [6, 6.07) is 15.7. The number of aromatic nitrogens is 5. The van der Waals surface area contributed by atoms with Gasteiger partial charge in [0.1, 0.15) is 11.6 Å². The number of halogens is 2. The summed E-state index contributed by atoms with van der Waals surface area (Å²) in [5.74, 6) is -1.38. The van der Waals surface area contributed by atoms with Crippen LogP contribution in [-0.4, -0.2) is 35.4 Å². The lowest BCUT2D eigenvalue weighted by Gasteiger charge is -2.14. The number of ketones is 1. The van der Waals surface area contributed by atoms with Gasteiger partial charge in [-0.2, -0.15) is 10.2 Å². The Morgan fingerprint density at radius 1 is 1.00 bits per heavy atom. The van der Waals surface area contributed by atoms with E-state index in [0.29, 0.717) is 22.6 Å². The zero-order valence-electron chi connectivity index (χ0n) is 22.2. The van der Waals surface area contributed by atoms with Gasteiger partial charge in [-0.1, -0.05) is 6.07 Å². The maximum atomic E-state index is 15.3. The fourth-order valence-electron chi connectivity index (χ4n) is 4.81. The van der Waals surface area contributed by atoms with Gasteiger partial charge in [0, 0.05) is 41.9 Å². The molecule has 11 heteroatoms. The molecule has 0 saturated heterocycles. The van der Waals surface area contributed by atoms with E-state index in [-0.39, 0.29) is 23.4 Å². The van der Waals surface area contributed by atoms with Crippen molar-refractivity contribution in [1.29, 1.82) is 0 Å². The summed E-state index contributed by atoms with van der Waals surface area (Å²) in [6.45, 7) is -0.468. The molecule has 3 aromatic carbocycles. The highest BCUT2D eigenvalue weighted by Crippen LogP contribution is 2.37. The number of nitrogens with zero attached hydrogens (tertiary/aromatic N) is 4. The fraction of sp³-hybridized carbons (Fsp3) is 0.0968. The second kappa shape index (κ2) is 10.9. The number of hydrogen-bond acceptors (Lipinski definition) is 6. The molecule has 6 aromatic rings. The number of pyridine rings is 1. The number of aliphatic hydroxyl groups excluding tert-OH is 1. The van der Waals surface area contributed by atoms with Crippen LogP contribution in [0.5, 0.6) is 11.5 Å². The van der Waals surface area contributed by atoms with Crippen LogP contribution in [0.25, 0.3) is 27.7 Å². The molecule has 210 valence electrons. The molecular formula is C31H23F2N5O4. The van der Waals surface area contributed by atoms with E-state index in [4.69, 9.17) is 4.74 Å². The Labute approximate surface area is 237 Å². The van der Waals surface area contributed by atoms with E-state index in [9.17, 15) is 19.1 Å². The highest BCUT2D eigenvalue weighted by Gasteiger charge is 2.19. The van der Waals surface area contributed by atoms with Crippen molar-refractivity contribution in [2.75, 3.05) is 0 Å². The van der Waals surface area contributed by atoms with Gasteiger partial charge in [-0.3, -0.25) is 23.9 Å². The molecule has 0 fully saturated rings. The highest BCUT2D eigenvalue weighted by molar-refractivity contribution is 5.97. The molecule has 42 heavy (non-hydrogen) atoms. The summed E-state index contributed by atoms with van der Waals surface area (Å²) in [5, 5.41) is 21.6. The number of rotatable bonds is 8. The molecule has 0 radical (unpaired) electrons. The van der Waals surface area contributed by atoms with Crippen molar-refractivity contribution < 1.29 is 23.4 Å². The van der Waals surface area contributed by atoms with Crippen molar-refractivity contribution in [2.45, 2.75) is 13.0 Å². The number of aryl methyl sites for hydroxylation is 1. The Kier molecular flexibility index (Phi) is 6.93. The summed E-state index contributed by atoms with van der Waals surface area (Å²) in [7, 11) is 1.82. The van der Waals surface area contributed by atoms with Crippen LogP contribution in [-0.2, 0) is 20.1 Å². The molecule has 0 atom stereocenters. The van der Waals surface area contributed by atoms with Gasteiger partial charge in [0.25, 0.3) is 5.56 Å². The maximum Gasteiger partial charge on any atom is 0.266 e. The standard InChI is InChI=1S/C31H23F2N5O4/c1-37-27-13-25(20-14-34-35-15-20)30(12-19(27)16-36-37)42-29-9-2-18(10-26(29)33)11-28(40)24-8-7-23(17-39)38(31(24)41)22-5-3-21(32)4-6-22/h2-10,12-16,39H,11,17H2,1H3,(H,34,35). The largest absolute Gasteiger partial charge is 0.454 e. The number of fused-ring (bicyclic) bond motifs is 1. The zero-order valence-corrected chi connectivity index (χ0v) is 22.2. The van der Waals surface area contributed by atoms with Gasteiger partial charge < -0.3 is 9.84 Å². The van der Waals surface area contributed by atoms with Gasteiger partial charge in [-0.05, 0) is 66.2 Å². The lowest BCUT2D eigenvalue weighted by Crippen LogP contribution is -2.28. The molecule has 6 rings (SSSR count). The van der Waals surface area contributed by atoms with Crippen molar-refractivity contribution in [3.05, 3.63) is 124 Å². The fourth-order valence-corrected chi connectivity index (χ4v) is 4.81. The second-order valence-electron chi connectivity index (χ2n) is 9.64. The zero-order chi connectivity index (χ0) is 29.4. The molecule has 0 unspecified atom stereocenters. The average Bonchev–Trinajstić information content (AvgIpc) is 3.64. The van der Waals surface area contributed by atoms with E-state index in [0.717, 1.165) is 21.0 Å². The van der Waals surface area contributed by atoms with Crippen molar-refractivity contribution >= 4 is 16.7 Å². The van der Waals surface area contributed by atoms with Gasteiger partial charge in [0.15, 0.2) is 17.3 Å². The maximum absolute atomic E-state index is 15.3. The third kappa shape index (κ3) is 4.97. The number of carbonyl (C=O) groups excluding carboxylic acids is 1. The molecule has 0 bridgehead atoms. The van der Waals surface area contributed by atoms with E-state index in [1.54, 1.807) is 35.4 Å². The van der Waals surface area contributed by atoms with Gasteiger partial charge >= 0.3 is 0 Å². The molecule has 0 aliphatic heterocycles. The Morgan fingerprint density at radius 3 is 2.52 bits per heavy atom. The number of aromatic amines is 1. The Bertz CT molecular complexity index is 2000. The first-order valence-electron chi connectivity index (χ1n) is 12.9. The second-order valence-corrected chi connectivity index (χ2v) is 9.64. The van der Waals surface area contributed by atoms with E-state index in [1.165, 1.54) is 48.5 Å². The first-order valence-corrected chi connectivity index (χ1v) is 12.9. The number of H-pyrrole nitrogens is 1. The molecule has 0 spiro atoms. The van der Waals surface area contributed by atoms with Crippen LogP contribution in [0.3, 0.4) is 0 Å². The lowest BCUT2D eigenvalue weighted by atomic mass is 10.0. The van der Waals surface area contributed by atoms with Crippen molar-refractivity contribution in [3.8, 4) is 28.3 Å². The van der Waals surface area contributed by atoms with Crippen molar-refractivity contribution in [3.63, 3.8) is 0 Å². The van der Waals surface area contributed by atoms with Crippen LogP contribution in [0.4, 0.5) is 8.78 Å². The first-order chi connectivity index (χ1) is 20.3. The number of ether oxygens (including phenoxy) is 1. The number of hydrogen-bond donors (Lipinski definition) is 2. The van der Waals surface area contributed by atoms with Gasteiger partial charge in [-0.15, -0.1) is 0 Å². The Morgan fingerprint density at radius 2 is 1.81 bits per heavy atom. The predicted octanol–water partition coefficient (Wildman–Crippen LogP) is 5.10. The number of Topliss-reactive ketones (excluding diaryl/α,β-unsaturated/α-hetero) is 1. The molecular weight excluding hydrogens is 544 g/mol. The minimum Gasteiger partial charge on any atom is -0.454 e. The molecule has 3 aromatic heterocycles. The normalized spacial score (nSPS) is 11.2. The van der Waals surface area contributed by atoms with E-state index < -0.39 is 29.6 Å². The van der Waals surface area contributed by atoms with Crippen LogP contribution in [0.2, 0.25) is 0 Å². The topological polar surface area (TPSA) is 115 Å². The van der Waals surface area contributed by atoms with Crippen LogP contribution in [0.15, 0.2) is 90.1 Å². The molecule has 0 saturated carbocycles. The van der Waals surface area contributed by atoms with E-state index >= 15 is 4.39 Å². The molecule has 0 aliphatic carbocycles. The van der Waals surface area contributed by atoms with Crippen molar-refractivity contribution in [2.24, 2.45) is 7.05 Å². The molecule has 2 N–H and O–H groups in total. The van der Waals surface area contributed by atoms with Crippen LogP contribution >= 0.6 is 0 Å². The number of nitrogens with one attached hydrogen (secondary N) is 1. The first kappa shape index (κ1) is 26.8. The summed E-state index contributed by atoms with van der Waals surface area (Å²) < 4.78 is 37.6. The van der Waals surface area contributed by atoms with Crippen molar-refractivity contribution in [1.82, 2.24) is 24.5 Å². The molecule has 3 heterocycles. The Hall–Kier alpha value is -5.42. The van der Waals surface area contributed by atoms with Gasteiger partial charge in [0.2, 0.25) is 0 Å². The Balaban J connectivity index is 1.28. The van der Waals surface area contributed by atoms with E-state index in [1.807, 2.05) is 13.1 Å². The number of carbonyl (C=O) groups is 1. The predicted molar refractivity (Wildman–Crippen MR) is 151 cm³/mol. The van der Waals surface area contributed by atoms with Crippen LogP contribution in [0.1, 0.15) is 21.6 Å². The van der Waals surface area contributed by atoms with E-state index in [2.05, 4.69) is 15.3 Å². The quantitative estimate of drug-likeness (QED) is 0.247. The minimum absolute atomic E-state index is 0.0508. The monoisotopic (exact) mass is 567 g/mol. The average molecular weight is 568 g/mol. The van der Waals surface area contributed by atoms with Gasteiger partial charge in [-0.25, -0.2) is 8.78 Å². The third-order valence-corrected chi connectivity index (χ3v) is 6.95. The van der Waals surface area contributed by atoms with Gasteiger partial charge in [0.05, 0.1) is 35.8 Å². The summed E-state index contributed by atoms with van der Waals surface area (Å²) in [6.07, 6.45) is 4.76. The molecule has 0 aliphatic rings. The summed E-state index contributed by atoms with van der Waals surface area (Å²) in [5.41, 5.74) is 2.33. The highest BCUT2D eigenvalue weighted by atomic mass is 19.1. The van der Waals surface area contributed by atoms with Crippen LogP contribution in [0, 0.1) is 11.6 Å². The lowest BCUT2D eigenvalue weighted by molar-refractivity contribution is 0.0991. The van der Waals surface area contributed by atoms with Crippen LogP contribution < -0.4 is 10.3 Å². The summed E-state index contributed by atoms with van der Waals surface area (Å²) >= 11 is 0. The smallest absolute Gasteiger partial charge is 0.266 e.